The van der Waals surface area contributed by atoms with Crippen LogP contribution in [-0.4, -0.2) is 6.03 Å². The number of rotatable bonds is 3. The van der Waals surface area contributed by atoms with Crippen molar-refractivity contribution in [2.75, 3.05) is 5.32 Å². The van der Waals surface area contributed by atoms with Crippen LogP contribution in [-0.2, 0) is 0 Å². The molecule has 22 heavy (non-hydrogen) atoms. The Morgan fingerprint density at radius 3 is 2.73 bits per heavy atom. The van der Waals surface area contributed by atoms with Gasteiger partial charge in [0.05, 0.1) is 6.04 Å². The summed E-state index contributed by atoms with van der Waals surface area (Å²) in [4.78, 5) is 12.0. The van der Waals surface area contributed by atoms with Crippen LogP contribution < -0.4 is 10.6 Å². The number of hydrogen-bond acceptors (Lipinski definition) is 2. The summed E-state index contributed by atoms with van der Waals surface area (Å²) >= 11 is 5.89. The van der Waals surface area contributed by atoms with E-state index in [1.165, 1.54) is 0 Å². The van der Waals surface area contributed by atoms with Crippen LogP contribution in [0.2, 0.25) is 5.02 Å². The highest BCUT2D eigenvalue weighted by molar-refractivity contribution is 6.30. The summed E-state index contributed by atoms with van der Waals surface area (Å²) in [6.07, 6.45) is 0. The predicted octanol–water partition coefficient (Wildman–Crippen LogP) is 4.97. The average molecular weight is 315 g/mol. The second-order valence-electron chi connectivity index (χ2n) is 5.02. The number of hydrogen-bond donors (Lipinski definition) is 2. The lowest BCUT2D eigenvalue weighted by Gasteiger charge is -2.12. The first kappa shape index (κ1) is 14.5. The molecule has 0 aliphatic rings. The molecule has 112 valence electrons. The summed E-state index contributed by atoms with van der Waals surface area (Å²) in [5, 5.41) is 7.17. The summed E-state index contributed by atoms with van der Waals surface area (Å²) in [7, 11) is 0. The SMILES string of the molecule is CC(NC(=O)Nc1cccc(Cl)c1)c1cc2ccccc2o1. The van der Waals surface area contributed by atoms with Gasteiger partial charge in [-0.05, 0) is 37.3 Å². The van der Waals surface area contributed by atoms with Crippen molar-refractivity contribution in [3.8, 4) is 0 Å². The second kappa shape index (κ2) is 6.12. The fourth-order valence-electron chi connectivity index (χ4n) is 2.22. The largest absolute Gasteiger partial charge is 0.459 e. The number of benzene rings is 2. The number of anilines is 1. The molecule has 1 aromatic heterocycles. The fraction of sp³-hybridized carbons (Fsp3) is 0.118. The van der Waals surface area contributed by atoms with Crippen LogP contribution >= 0.6 is 11.6 Å². The number of urea groups is 1. The van der Waals surface area contributed by atoms with Crippen LogP contribution in [0.15, 0.2) is 59.0 Å². The van der Waals surface area contributed by atoms with Crippen LogP contribution in [0.25, 0.3) is 11.0 Å². The van der Waals surface area contributed by atoms with Crippen molar-refractivity contribution in [3.63, 3.8) is 0 Å². The molecule has 4 nitrogen and oxygen atoms in total. The smallest absolute Gasteiger partial charge is 0.319 e. The van der Waals surface area contributed by atoms with Gasteiger partial charge < -0.3 is 15.1 Å². The van der Waals surface area contributed by atoms with Crippen molar-refractivity contribution in [3.05, 3.63) is 65.4 Å². The van der Waals surface area contributed by atoms with E-state index in [2.05, 4.69) is 10.6 Å². The summed E-state index contributed by atoms with van der Waals surface area (Å²) in [6, 6.07) is 16.1. The van der Waals surface area contributed by atoms with E-state index in [0.29, 0.717) is 16.5 Å². The monoisotopic (exact) mass is 314 g/mol. The minimum Gasteiger partial charge on any atom is -0.459 e. The number of carbonyl (C=O) groups is 1. The molecule has 0 fully saturated rings. The fourth-order valence-corrected chi connectivity index (χ4v) is 2.41. The molecule has 0 aliphatic heterocycles. The first-order valence-electron chi connectivity index (χ1n) is 6.93. The quantitative estimate of drug-likeness (QED) is 0.717. The highest BCUT2D eigenvalue weighted by Gasteiger charge is 2.14. The van der Waals surface area contributed by atoms with E-state index in [1.54, 1.807) is 24.3 Å². The van der Waals surface area contributed by atoms with Crippen LogP contribution in [0, 0.1) is 0 Å². The number of fused-ring (bicyclic) bond motifs is 1. The number of amides is 2. The van der Waals surface area contributed by atoms with Gasteiger partial charge in [0.15, 0.2) is 0 Å². The first-order chi connectivity index (χ1) is 10.6. The summed E-state index contributed by atoms with van der Waals surface area (Å²) < 4.78 is 5.74. The van der Waals surface area contributed by atoms with Gasteiger partial charge in [-0.15, -0.1) is 0 Å². The van der Waals surface area contributed by atoms with Crippen molar-refractivity contribution in [2.45, 2.75) is 13.0 Å². The molecule has 2 amide bonds. The normalized spacial score (nSPS) is 12.1. The molecule has 5 heteroatoms. The van der Waals surface area contributed by atoms with Gasteiger partial charge in [-0.25, -0.2) is 4.79 Å². The Labute approximate surface area is 133 Å². The van der Waals surface area contributed by atoms with E-state index >= 15 is 0 Å². The van der Waals surface area contributed by atoms with Gasteiger partial charge in [0.2, 0.25) is 0 Å². The minimum absolute atomic E-state index is 0.244. The molecule has 3 rings (SSSR count). The van der Waals surface area contributed by atoms with Gasteiger partial charge in [0.1, 0.15) is 11.3 Å². The third kappa shape index (κ3) is 3.23. The van der Waals surface area contributed by atoms with E-state index < -0.39 is 0 Å². The molecule has 0 saturated carbocycles. The highest BCUT2D eigenvalue weighted by atomic mass is 35.5. The molecule has 0 spiro atoms. The van der Waals surface area contributed by atoms with Gasteiger partial charge >= 0.3 is 6.03 Å². The maximum atomic E-state index is 12.0. The Hall–Kier alpha value is -2.46. The predicted molar refractivity (Wildman–Crippen MR) is 88.2 cm³/mol. The van der Waals surface area contributed by atoms with E-state index in [4.69, 9.17) is 16.0 Å². The highest BCUT2D eigenvalue weighted by Crippen LogP contribution is 2.23. The number of furan rings is 1. The first-order valence-corrected chi connectivity index (χ1v) is 7.31. The number of carbonyl (C=O) groups excluding carboxylic acids is 1. The lowest BCUT2D eigenvalue weighted by atomic mass is 10.2. The Kier molecular flexibility index (Phi) is 4.02. The average Bonchev–Trinajstić information content (AvgIpc) is 2.91. The Morgan fingerprint density at radius 2 is 1.95 bits per heavy atom. The topological polar surface area (TPSA) is 54.3 Å². The zero-order valence-electron chi connectivity index (χ0n) is 12.0. The molecule has 0 aliphatic carbocycles. The summed E-state index contributed by atoms with van der Waals surface area (Å²) in [5.41, 5.74) is 1.45. The van der Waals surface area contributed by atoms with Crippen LogP contribution in [0.3, 0.4) is 0 Å². The molecule has 1 unspecified atom stereocenters. The molecular formula is C17H15ClN2O2. The zero-order valence-corrected chi connectivity index (χ0v) is 12.7. The van der Waals surface area contributed by atoms with Gasteiger partial charge in [-0.1, -0.05) is 35.9 Å². The zero-order chi connectivity index (χ0) is 15.5. The molecule has 0 radical (unpaired) electrons. The van der Waals surface area contributed by atoms with E-state index in [9.17, 15) is 4.79 Å². The standard InChI is InChI=1S/C17H15ClN2O2/c1-11(16-9-12-5-2-3-8-15(12)22-16)19-17(21)20-14-7-4-6-13(18)10-14/h2-11H,1H3,(H2,19,20,21). The van der Waals surface area contributed by atoms with Crippen LogP contribution in [0.4, 0.5) is 10.5 Å². The van der Waals surface area contributed by atoms with E-state index in [0.717, 1.165) is 11.0 Å². The molecule has 0 bridgehead atoms. The molecular weight excluding hydrogens is 300 g/mol. The van der Waals surface area contributed by atoms with Gasteiger partial charge in [-0.3, -0.25) is 0 Å². The third-order valence-electron chi connectivity index (χ3n) is 3.30. The van der Waals surface area contributed by atoms with Crippen LogP contribution in [0.1, 0.15) is 18.7 Å². The summed E-state index contributed by atoms with van der Waals surface area (Å²) in [6.45, 7) is 1.87. The van der Waals surface area contributed by atoms with Crippen molar-refractivity contribution in [2.24, 2.45) is 0 Å². The molecule has 1 heterocycles. The molecule has 0 saturated heterocycles. The van der Waals surface area contributed by atoms with Crippen molar-refractivity contribution >= 4 is 34.3 Å². The minimum atomic E-state index is -0.310. The van der Waals surface area contributed by atoms with E-state index in [-0.39, 0.29) is 12.1 Å². The number of nitrogens with one attached hydrogen (secondary N) is 2. The molecule has 2 N–H and O–H groups in total. The van der Waals surface area contributed by atoms with Crippen LogP contribution in [0.5, 0.6) is 0 Å². The van der Waals surface area contributed by atoms with Crippen molar-refractivity contribution in [1.82, 2.24) is 5.32 Å². The Bertz CT molecular complexity index is 780. The van der Waals surface area contributed by atoms with Gasteiger partial charge in [0.25, 0.3) is 0 Å². The lowest BCUT2D eigenvalue weighted by Crippen LogP contribution is -2.30. The van der Waals surface area contributed by atoms with E-state index in [1.807, 2.05) is 37.3 Å². The third-order valence-corrected chi connectivity index (χ3v) is 3.54. The molecule has 3 aromatic rings. The summed E-state index contributed by atoms with van der Waals surface area (Å²) in [5.74, 6) is 0.711. The Morgan fingerprint density at radius 1 is 1.14 bits per heavy atom. The van der Waals surface area contributed by atoms with Crippen molar-refractivity contribution < 1.29 is 9.21 Å². The van der Waals surface area contributed by atoms with Gasteiger partial charge in [-0.2, -0.15) is 0 Å². The maximum Gasteiger partial charge on any atom is 0.319 e. The molecule has 1 atom stereocenters. The second-order valence-corrected chi connectivity index (χ2v) is 5.45. The Balaban J connectivity index is 1.68. The number of para-hydroxylation sites is 1. The van der Waals surface area contributed by atoms with Gasteiger partial charge in [0, 0.05) is 16.1 Å². The number of halogens is 1. The van der Waals surface area contributed by atoms with Crippen molar-refractivity contribution in [1.29, 1.82) is 0 Å². The maximum absolute atomic E-state index is 12.0. The molecule has 2 aromatic carbocycles. The lowest BCUT2D eigenvalue weighted by molar-refractivity contribution is 0.248.